The molecule has 4 aromatic rings. The highest BCUT2D eigenvalue weighted by Crippen LogP contribution is 2.19. The van der Waals surface area contributed by atoms with Gasteiger partial charge in [0.1, 0.15) is 12.4 Å². The van der Waals surface area contributed by atoms with E-state index >= 15 is 0 Å². The van der Waals surface area contributed by atoms with Crippen LogP contribution in [0, 0.1) is 4.91 Å². The number of ketones is 1. The minimum atomic E-state index is -1.22. The number of rotatable bonds is 8. The smallest absolute Gasteiger partial charge is 0.325 e. The first-order chi connectivity index (χ1) is 16.9. The summed E-state index contributed by atoms with van der Waals surface area (Å²) in [5.41, 5.74) is 1.36. The van der Waals surface area contributed by atoms with E-state index in [0.29, 0.717) is 22.2 Å². The fourth-order valence-corrected chi connectivity index (χ4v) is 3.71. The summed E-state index contributed by atoms with van der Waals surface area (Å²) in [6.07, 6.45) is 2.77. The number of allylic oxidation sites excluding steroid dienone is 1. The molecule has 3 aromatic carbocycles. The quantitative estimate of drug-likeness (QED) is 0.152. The van der Waals surface area contributed by atoms with Gasteiger partial charge in [-0.05, 0) is 72.8 Å². The van der Waals surface area contributed by atoms with E-state index in [1.165, 1.54) is 41.0 Å². The lowest BCUT2D eigenvalue weighted by Crippen LogP contribution is -2.23. The van der Waals surface area contributed by atoms with E-state index in [0.717, 1.165) is 9.48 Å². The molecule has 4 rings (SSSR count). The average molecular weight is 533 g/mol. The standard InChI is InChI=1S/C25H17BrN4O5/c26-17-7-11-19(12-8-17)30-23(27-21-4-2-1-3-20(21)25(30)34)14-13-22(31)16-5-9-18(10-6-16)29(28-35)15-24(32)33/h1-14H,15H2,(H,32,33)/b14-13+. The third kappa shape index (κ3) is 5.22. The Bertz CT molecular complexity index is 1510. The number of carboxylic acids is 1. The predicted octanol–water partition coefficient (Wildman–Crippen LogP) is 4.62. The van der Waals surface area contributed by atoms with Crippen LogP contribution in [-0.2, 0) is 4.79 Å². The Kier molecular flexibility index (Phi) is 6.93. The number of nitroso groups, excluding NO2 is 1. The Balaban J connectivity index is 1.69. The first kappa shape index (κ1) is 23.7. The van der Waals surface area contributed by atoms with Crippen LogP contribution in [-0.4, -0.2) is 33.0 Å². The predicted molar refractivity (Wildman–Crippen MR) is 136 cm³/mol. The zero-order valence-electron chi connectivity index (χ0n) is 18.0. The number of aromatic nitrogens is 2. The monoisotopic (exact) mass is 532 g/mol. The molecule has 1 N–H and O–H groups in total. The normalized spacial score (nSPS) is 11.0. The van der Waals surface area contributed by atoms with Crippen molar-refractivity contribution in [2.75, 3.05) is 11.6 Å². The van der Waals surface area contributed by atoms with Crippen LogP contribution >= 0.6 is 15.9 Å². The zero-order valence-corrected chi connectivity index (χ0v) is 19.6. The summed E-state index contributed by atoms with van der Waals surface area (Å²) in [6, 6.07) is 19.9. The number of hydrogen-bond donors (Lipinski definition) is 1. The van der Waals surface area contributed by atoms with Crippen LogP contribution < -0.4 is 10.6 Å². The molecule has 10 heteroatoms. The summed E-state index contributed by atoms with van der Waals surface area (Å²) in [5.74, 6) is -1.31. The van der Waals surface area contributed by atoms with Crippen LogP contribution in [0.25, 0.3) is 22.7 Å². The van der Waals surface area contributed by atoms with Crippen molar-refractivity contribution in [3.8, 4) is 5.69 Å². The van der Waals surface area contributed by atoms with Crippen molar-refractivity contribution in [3.05, 3.63) is 110 Å². The van der Waals surface area contributed by atoms with Crippen molar-refractivity contribution < 1.29 is 14.7 Å². The van der Waals surface area contributed by atoms with E-state index in [1.807, 2.05) is 0 Å². The molecule has 0 spiro atoms. The molecule has 0 aliphatic carbocycles. The first-order valence-electron chi connectivity index (χ1n) is 10.3. The van der Waals surface area contributed by atoms with Crippen LogP contribution in [0.2, 0.25) is 0 Å². The van der Waals surface area contributed by atoms with E-state index in [4.69, 9.17) is 5.11 Å². The van der Waals surface area contributed by atoms with Gasteiger partial charge in [0.2, 0.25) is 0 Å². The van der Waals surface area contributed by atoms with Gasteiger partial charge in [0.05, 0.1) is 27.6 Å². The van der Waals surface area contributed by atoms with Crippen molar-refractivity contribution in [2.45, 2.75) is 0 Å². The molecule has 0 saturated carbocycles. The number of anilines is 1. The fourth-order valence-electron chi connectivity index (χ4n) is 3.44. The number of halogens is 1. The summed E-state index contributed by atoms with van der Waals surface area (Å²) in [6.45, 7) is -0.599. The first-order valence-corrected chi connectivity index (χ1v) is 11.1. The van der Waals surface area contributed by atoms with Crippen LogP contribution in [0.4, 0.5) is 5.69 Å². The van der Waals surface area contributed by atoms with Crippen LogP contribution in [0.15, 0.2) is 93.4 Å². The van der Waals surface area contributed by atoms with Gasteiger partial charge in [0.15, 0.2) is 5.78 Å². The number of carbonyl (C=O) groups is 2. The highest BCUT2D eigenvalue weighted by Gasteiger charge is 2.13. The molecule has 0 fully saturated rings. The molecule has 9 nitrogen and oxygen atoms in total. The number of fused-ring (bicyclic) bond motifs is 1. The Morgan fingerprint density at radius 1 is 1.03 bits per heavy atom. The summed E-state index contributed by atoms with van der Waals surface area (Å²) in [5, 5.41) is 12.8. The topological polar surface area (TPSA) is 122 Å². The van der Waals surface area contributed by atoms with Crippen LogP contribution in [0.3, 0.4) is 0 Å². The molecule has 0 radical (unpaired) electrons. The lowest BCUT2D eigenvalue weighted by Gasteiger charge is -2.12. The van der Waals surface area contributed by atoms with Crippen molar-refractivity contribution in [2.24, 2.45) is 5.29 Å². The minimum Gasteiger partial charge on any atom is -0.480 e. The number of carbonyl (C=O) groups excluding carboxylic acids is 1. The van der Waals surface area contributed by atoms with Gasteiger partial charge in [-0.1, -0.05) is 28.1 Å². The average Bonchev–Trinajstić information content (AvgIpc) is 2.87. The molecular formula is C25H17BrN4O5. The number of para-hydroxylation sites is 1. The van der Waals surface area contributed by atoms with E-state index in [2.05, 4.69) is 26.2 Å². The van der Waals surface area contributed by atoms with E-state index in [9.17, 15) is 19.3 Å². The van der Waals surface area contributed by atoms with Gasteiger partial charge in [0.25, 0.3) is 5.56 Å². The van der Waals surface area contributed by atoms with Gasteiger partial charge in [-0.2, -0.15) is 0 Å². The Morgan fingerprint density at radius 2 is 1.71 bits per heavy atom. The maximum atomic E-state index is 13.3. The van der Waals surface area contributed by atoms with Gasteiger partial charge in [-0.3, -0.25) is 19.0 Å². The molecule has 0 saturated heterocycles. The largest absolute Gasteiger partial charge is 0.480 e. The maximum absolute atomic E-state index is 13.3. The second-order valence-electron chi connectivity index (χ2n) is 7.38. The molecular weight excluding hydrogens is 516 g/mol. The van der Waals surface area contributed by atoms with E-state index in [-0.39, 0.29) is 22.9 Å². The lowest BCUT2D eigenvalue weighted by atomic mass is 10.1. The van der Waals surface area contributed by atoms with Gasteiger partial charge < -0.3 is 5.11 Å². The van der Waals surface area contributed by atoms with Gasteiger partial charge >= 0.3 is 5.97 Å². The summed E-state index contributed by atoms with van der Waals surface area (Å²) < 4.78 is 2.28. The maximum Gasteiger partial charge on any atom is 0.325 e. The van der Waals surface area contributed by atoms with Crippen molar-refractivity contribution in [1.29, 1.82) is 0 Å². The number of hydrogen-bond acceptors (Lipinski definition) is 6. The number of benzene rings is 3. The number of carboxylic acid groups (broad SMARTS) is 1. The Labute approximate surface area is 207 Å². The highest BCUT2D eigenvalue weighted by atomic mass is 79.9. The lowest BCUT2D eigenvalue weighted by molar-refractivity contribution is -0.135. The highest BCUT2D eigenvalue weighted by molar-refractivity contribution is 9.10. The van der Waals surface area contributed by atoms with E-state index in [1.54, 1.807) is 48.5 Å². The van der Waals surface area contributed by atoms with Gasteiger partial charge in [-0.15, -0.1) is 4.91 Å². The molecule has 0 bridgehead atoms. The Hall–Kier alpha value is -4.44. The summed E-state index contributed by atoms with van der Waals surface area (Å²) in [4.78, 5) is 52.4. The second-order valence-corrected chi connectivity index (χ2v) is 8.30. The molecule has 0 unspecified atom stereocenters. The van der Waals surface area contributed by atoms with Crippen molar-refractivity contribution in [3.63, 3.8) is 0 Å². The molecule has 1 aromatic heterocycles. The fraction of sp³-hybridized carbons (Fsp3) is 0.0400. The third-order valence-corrected chi connectivity index (χ3v) is 5.63. The summed E-state index contributed by atoms with van der Waals surface area (Å²) >= 11 is 3.38. The number of aliphatic carboxylic acids is 1. The third-order valence-electron chi connectivity index (χ3n) is 5.10. The van der Waals surface area contributed by atoms with Crippen molar-refractivity contribution >= 4 is 50.3 Å². The summed E-state index contributed by atoms with van der Waals surface area (Å²) in [7, 11) is 0. The molecule has 174 valence electrons. The SMILES string of the molecule is O=NN(CC(=O)O)c1ccc(C(=O)/C=C/c2nc3ccccc3c(=O)n2-c2ccc(Br)cc2)cc1. The molecule has 0 atom stereocenters. The molecule has 0 aliphatic rings. The molecule has 0 aliphatic heterocycles. The zero-order chi connectivity index (χ0) is 24.9. The minimum absolute atomic E-state index is 0.239. The van der Waals surface area contributed by atoms with E-state index < -0.39 is 12.5 Å². The number of nitrogens with zero attached hydrogens (tertiary/aromatic N) is 4. The van der Waals surface area contributed by atoms with Gasteiger partial charge in [0, 0.05) is 10.0 Å². The molecule has 0 amide bonds. The van der Waals surface area contributed by atoms with Crippen LogP contribution in [0.5, 0.6) is 0 Å². The second kappa shape index (κ2) is 10.2. The molecule has 1 heterocycles. The Morgan fingerprint density at radius 3 is 2.37 bits per heavy atom. The van der Waals surface area contributed by atoms with Crippen LogP contribution in [0.1, 0.15) is 16.2 Å². The van der Waals surface area contributed by atoms with Gasteiger partial charge in [-0.25, -0.2) is 9.99 Å². The van der Waals surface area contributed by atoms with Crippen molar-refractivity contribution in [1.82, 2.24) is 9.55 Å². The molecule has 35 heavy (non-hydrogen) atoms.